The van der Waals surface area contributed by atoms with Crippen LogP contribution in [0.4, 0.5) is 5.69 Å². The summed E-state index contributed by atoms with van der Waals surface area (Å²) in [6, 6.07) is 10.1. The van der Waals surface area contributed by atoms with Gasteiger partial charge in [-0.3, -0.25) is 19.2 Å². The van der Waals surface area contributed by atoms with E-state index in [0.29, 0.717) is 17.5 Å². The lowest BCUT2D eigenvalue weighted by molar-refractivity contribution is -0.122. The minimum atomic E-state index is -0.250. The van der Waals surface area contributed by atoms with E-state index in [0.717, 1.165) is 66.1 Å². The van der Waals surface area contributed by atoms with Gasteiger partial charge < -0.3 is 20.1 Å². The zero-order valence-corrected chi connectivity index (χ0v) is 20.5. The lowest BCUT2D eigenvalue weighted by Crippen LogP contribution is -2.17. The summed E-state index contributed by atoms with van der Waals surface area (Å²) in [5.41, 5.74) is 5.52. The Balaban J connectivity index is 0.000000848. The van der Waals surface area contributed by atoms with Gasteiger partial charge in [-0.05, 0) is 69.7 Å². The molecule has 36 heavy (non-hydrogen) atoms. The molecule has 2 fully saturated rings. The van der Waals surface area contributed by atoms with E-state index in [2.05, 4.69) is 28.8 Å². The molecule has 6 rings (SSSR count). The summed E-state index contributed by atoms with van der Waals surface area (Å²) in [5.74, 6) is 0.273. The van der Waals surface area contributed by atoms with Crippen molar-refractivity contribution in [1.29, 1.82) is 0 Å². The average molecular weight is 490 g/mol. The molecule has 2 unspecified atom stereocenters. The van der Waals surface area contributed by atoms with E-state index in [4.69, 9.17) is 20.0 Å². The Kier molecular flexibility index (Phi) is 6.71. The van der Waals surface area contributed by atoms with E-state index in [9.17, 15) is 4.79 Å². The second kappa shape index (κ2) is 10.1. The fourth-order valence-electron chi connectivity index (χ4n) is 5.36. The van der Waals surface area contributed by atoms with Crippen LogP contribution < -0.4 is 10.6 Å². The zero-order valence-electron chi connectivity index (χ0n) is 20.5. The predicted molar refractivity (Wildman–Crippen MR) is 137 cm³/mol. The second-order valence-electron chi connectivity index (χ2n) is 9.48. The van der Waals surface area contributed by atoms with Gasteiger partial charge >= 0.3 is 0 Å². The highest BCUT2D eigenvalue weighted by molar-refractivity contribution is 6.06. The molecule has 0 spiro atoms. The molecule has 2 atom stereocenters. The number of carboxylic acid groups (broad SMARTS) is 1. The number of nitrogens with zero attached hydrogens (tertiary/aromatic N) is 5. The van der Waals surface area contributed by atoms with Gasteiger partial charge in [0.2, 0.25) is 0 Å². The maximum atomic E-state index is 13.1. The molecule has 10 heteroatoms. The van der Waals surface area contributed by atoms with E-state index in [1.165, 1.54) is 6.42 Å². The van der Waals surface area contributed by atoms with Crippen molar-refractivity contribution in [3.05, 3.63) is 59.7 Å². The number of anilines is 1. The SMILES string of the molecule is CN1CCCC1c1cn2cc(NC(=O)c3ccc4c(c3)c(C3CCNC3)nn4C)ccc2n1.O=CO. The molecule has 2 saturated heterocycles. The van der Waals surface area contributed by atoms with Crippen molar-refractivity contribution in [2.75, 3.05) is 32.0 Å². The monoisotopic (exact) mass is 489 g/mol. The Morgan fingerprint density at radius 2 is 2.03 bits per heavy atom. The molecular formula is C26H31N7O3. The number of imidazole rings is 1. The van der Waals surface area contributed by atoms with Crippen LogP contribution in [-0.2, 0) is 11.8 Å². The third-order valence-corrected chi connectivity index (χ3v) is 7.18. The van der Waals surface area contributed by atoms with Gasteiger partial charge in [-0.15, -0.1) is 0 Å². The lowest BCUT2D eigenvalue weighted by Gasteiger charge is -2.16. The van der Waals surface area contributed by atoms with Crippen molar-refractivity contribution in [2.45, 2.75) is 31.2 Å². The number of amides is 1. The van der Waals surface area contributed by atoms with E-state index < -0.39 is 0 Å². The molecule has 0 radical (unpaired) electrons. The smallest absolute Gasteiger partial charge is 0.290 e. The van der Waals surface area contributed by atoms with Gasteiger partial charge in [-0.25, -0.2) is 4.98 Å². The number of benzene rings is 1. The van der Waals surface area contributed by atoms with Gasteiger partial charge in [0, 0.05) is 42.9 Å². The lowest BCUT2D eigenvalue weighted by atomic mass is 10.00. The van der Waals surface area contributed by atoms with Crippen LogP contribution in [0, 0.1) is 0 Å². The van der Waals surface area contributed by atoms with Gasteiger partial charge in [-0.1, -0.05) is 0 Å². The van der Waals surface area contributed by atoms with Crippen molar-refractivity contribution in [2.24, 2.45) is 7.05 Å². The molecule has 0 saturated carbocycles. The highest BCUT2D eigenvalue weighted by atomic mass is 16.3. The normalized spacial score (nSPS) is 19.9. The van der Waals surface area contributed by atoms with Crippen LogP contribution in [0.5, 0.6) is 0 Å². The molecule has 5 heterocycles. The Morgan fingerprint density at radius 3 is 2.75 bits per heavy atom. The fourth-order valence-corrected chi connectivity index (χ4v) is 5.36. The first-order chi connectivity index (χ1) is 17.5. The number of rotatable bonds is 4. The highest BCUT2D eigenvalue weighted by Gasteiger charge is 2.25. The molecule has 4 aromatic rings. The number of hydrogen-bond acceptors (Lipinski definition) is 6. The fraction of sp³-hybridized carbons (Fsp3) is 0.385. The number of aromatic nitrogens is 4. The minimum absolute atomic E-state index is 0.119. The Bertz CT molecular complexity index is 1400. The van der Waals surface area contributed by atoms with Crippen LogP contribution in [0.3, 0.4) is 0 Å². The summed E-state index contributed by atoms with van der Waals surface area (Å²) in [6.45, 7) is 2.81. The summed E-state index contributed by atoms with van der Waals surface area (Å²) in [5, 5.41) is 19.2. The summed E-state index contributed by atoms with van der Waals surface area (Å²) in [6.07, 6.45) is 7.44. The second-order valence-corrected chi connectivity index (χ2v) is 9.48. The number of hydrogen-bond donors (Lipinski definition) is 3. The van der Waals surface area contributed by atoms with Crippen molar-refractivity contribution >= 4 is 34.6 Å². The Hall–Kier alpha value is -3.76. The summed E-state index contributed by atoms with van der Waals surface area (Å²) in [7, 11) is 4.12. The largest absolute Gasteiger partial charge is 0.483 e. The molecule has 3 aromatic heterocycles. The van der Waals surface area contributed by atoms with Crippen LogP contribution in [0.15, 0.2) is 42.7 Å². The molecule has 1 amide bonds. The molecule has 2 aliphatic rings. The van der Waals surface area contributed by atoms with Crippen LogP contribution in [0.25, 0.3) is 16.6 Å². The molecule has 0 aliphatic carbocycles. The van der Waals surface area contributed by atoms with Crippen molar-refractivity contribution < 1.29 is 14.7 Å². The summed E-state index contributed by atoms with van der Waals surface area (Å²) in [4.78, 5) is 28.6. The summed E-state index contributed by atoms with van der Waals surface area (Å²) < 4.78 is 3.92. The number of aryl methyl sites for hydroxylation is 1. The third-order valence-electron chi connectivity index (χ3n) is 7.18. The first kappa shape index (κ1) is 24.0. The predicted octanol–water partition coefficient (Wildman–Crippen LogP) is 3.02. The quantitative estimate of drug-likeness (QED) is 0.377. The number of fused-ring (bicyclic) bond motifs is 2. The van der Waals surface area contributed by atoms with E-state index in [1.807, 2.05) is 52.7 Å². The van der Waals surface area contributed by atoms with Crippen molar-refractivity contribution in [1.82, 2.24) is 29.4 Å². The topological polar surface area (TPSA) is 117 Å². The highest BCUT2D eigenvalue weighted by Crippen LogP contribution is 2.31. The molecule has 0 bridgehead atoms. The number of pyridine rings is 1. The first-order valence-electron chi connectivity index (χ1n) is 12.2. The number of nitrogens with one attached hydrogen (secondary N) is 2. The maximum Gasteiger partial charge on any atom is 0.290 e. The summed E-state index contributed by atoms with van der Waals surface area (Å²) >= 11 is 0. The van der Waals surface area contributed by atoms with Gasteiger partial charge in [0.25, 0.3) is 12.4 Å². The van der Waals surface area contributed by atoms with Crippen LogP contribution >= 0.6 is 0 Å². The van der Waals surface area contributed by atoms with Gasteiger partial charge in [0.05, 0.1) is 28.6 Å². The zero-order chi connectivity index (χ0) is 25.2. The van der Waals surface area contributed by atoms with Gasteiger partial charge in [0.15, 0.2) is 0 Å². The van der Waals surface area contributed by atoms with Crippen LogP contribution in [0.1, 0.15) is 53.0 Å². The maximum absolute atomic E-state index is 13.1. The van der Waals surface area contributed by atoms with Crippen molar-refractivity contribution in [3.8, 4) is 0 Å². The first-order valence-corrected chi connectivity index (χ1v) is 12.2. The van der Waals surface area contributed by atoms with Crippen LogP contribution in [0.2, 0.25) is 0 Å². The Morgan fingerprint density at radius 1 is 1.19 bits per heavy atom. The molecule has 3 N–H and O–H groups in total. The van der Waals surface area contributed by atoms with Crippen molar-refractivity contribution in [3.63, 3.8) is 0 Å². The number of likely N-dealkylation sites (tertiary alicyclic amines) is 1. The minimum Gasteiger partial charge on any atom is -0.483 e. The standard InChI is InChI=1S/C25H29N7O.CH2O2/c1-30-11-3-4-22(30)20-15-32-14-18(6-8-23(32)28-20)27-25(33)16-5-7-21-19(12-16)24(29-31(21)2)17-9-10-26-13-17;2-1-3/h5-8,12,14-15,17,22,26H,3-4,9-11,13H2,1-2H3,(H,27,33);1H,(H,2,3). The number of carbonyl (C=O) groups is 2. The van der Waals surface area contributed by atoms with E-state index in [-0.39, 0.29) is 12.4 Å². The third kappa shape index (κ3) is 4.57. The van der Waals surface area contributed by atoms with Gasteiger partial charge in [-0.2, -0.15) is 5.10 Å². The van der Waals surface area contributed by atoms with Crippen LogP contribution in [-0.4, -0.2) is 68.2 Å². The number of carbonyl (C=O) groups excluding carboxylic acids is 1. The molecule has 2 aliphatic heterocycles. The Labute approximate surface area is 208 Å². The molecule has 10 nitrogen and oxygen atoms in total. The average Bonchev–Trinajstić information content (AvgIpc) is 3.66. The molecule has 1 aromatic carbocycles. The molecule has 188 valence electrons. The molecular weight excluding hydrogens is 458 g/mol. The van der Waals surface area contributed by atoms with E-state index >= 15 is 0 Å². The van der Waals surface area contributed by atoms with Gasteiger partial charge in [0.1, 0.15) is 5.65 Å². The van der Waals surface area contributed by atoms with E-state index in [1.54, 1.807) is 0 Å².